The highest BCUT2D eigenvalue weighted by Gasteiger charge is 2.31. The van der Waals surface area contributed by atoms with Gasteiger partial charge in [0.05, 0.1) is 5.69 Å². The van der Waals surface area contributed by atoms with Crippen molar-refractivity contribution in [2.75, 3.05) is 4.90 Å². The molecule has 108 valence electrons. The lowest BCUT2D eigenvalue weighted by atomic mass is 10.0. The van der Waals surface area contributed by atoms with Gasteiger partial charge >= 0.3 is 6.09 Å². The molecule has 21 heavy (non-hydrogen) atoms. The van der Waals surface area contributed by atoms with Crippen molar-refractivity contribution in [3.8, 4) is 0 Å². The second-order valence-corrected chi connectivity index (χ2v) is 4.65. The second-order valence-electron chi connectivity index (χ2n) is 4.65. The number of nitrogens with zero attached hydrogens (tertiary/aromatic N) is 1. The fourth-order valence-corrected chi connectivity index (χ4v) is 2.26. The topological polar surface area (TPSA) is 83.6 Å². The molecule has 5 heteroatoms. The molecule has 2 rings (SSSR count). The number of carboxylic acid groups (broad SMARTS) is 1. The van der Waals surface area contributed by atoms with E-state index in [2.05, 4.69) is 0 Å². The normalized spacial score (nSPS) is 11.7. The summed E-state index contributed by atoms with van der Waals surface area (Å²) in [5.41, 5.74) is 7.18. The third-order valence-corrected chi connectivity index (χ3v) is 3.22. The van der Waals surface area contributed by atoms with E-state index in [9.17, 15) is 14.7 Å². The molecule has 0 fully saturated rings. The summed E-state index contributed by atoms with van der Waals surface area (Å²) in [6.45, 7) is 1.79. The van der Waals surface area contributed by atoms with E-state index in [1.165, 1.54) is 0 Å². The summed E-state index contributed by atoms with van der Waals surface area (Å²) in [5, 5.41) is 9.55. The van der Waals surface area contributed by atoms with Crippen LogP contribution < -0.4 is 10.6 Å². The molecule has 0 heterocycles. The van der Waals surface area contributed by atoms with Gasteiger partial charge in [-0.2, -0.15) is 0 Å². The molecule has 0 bridgehead atoms. The molecule has 0 aliphatic carbocycles. The number of para-hydroxylation sites is 1. The lowest BCUT2D eigenvalue weighted by molar-refractivity contribution is -0.119. The van der Waals surface area contributed by atoms with Crippen molar-refractivity contribution in [2.45, 2.75) is 13.0 Å². The molecule has 1 atom stereocenters. The predicted molar refractivity (Wildman–Crippen MR) is 80.1 cm³/mol. The van der Waals surface area contributed by atoms with E-state index in [4.69, 9.17) is 5.73 Å². The smallest absolute Gasteiger partial charge is 0.412 e. The maximum atomic E-state index is 11.8. The molecule has 0 saturated heterocycles. The zero-order chi connectivity index (χ0) is 15.4. The standard InChI is InChI=1S/C16H16N2O3/c1-11-7-5-6-10-13(11)18(16(20)21)14(15(17)19)12-8-3-2-4-9-12/h2-10,14H,1H3,(H2,17,19)(H,20,21)/t14-/m1/s1. The van der Waals surface area contributed by atoms with Gasteiger partial charge in [0.1, 0.15) is 6.04 Å². The van der Waals surface area contributed by atoms with Crippen LogP contribution in [0.1, 0.15) is 17.2 Å². The number of rotatable bonds is 4. The van der Waals surface area contributed by atoms with Gasteiger partial charge in [0, 0.05) is 0 Å². The van der Waals surface area contributed by atoms with Crippen LogP contribution in [0.5, 0.6) is 0 Å². The van der Waals surface area contributed by atoms with Crippen LogP contribution >= 0.6 is 0 Å². The maximum absolute atomic E-state index is 11.8. The van der Waals surface area contributed by atoms with Crippen molar-refractivity contribution >= 4 is 17.7 Å². The third kappa shape index (κ3) is 3.02. The number of hydrogen-bond donors (Lipinski definition) is 2. The number of nitrogens with two attached hydrogens (primary N) is 1. The summed E-state index contributed by atoms with van der Waals surface area (Å²) < 4.78 is 0. The van der Waals surface area contributed by atoms with Crippen LogP contribution in [-0.2, 0) is 4.79 Å². The molecule has 0 radical (unpaired) electrons. The van der Waals surface area contributed by atoms with Crippen LogP contribution in [0.4, 0.5) is 10.5 Å². The molecule has 0 aliphatic rings. The van der Waals surface area contributed by atoms with Gasteiger partial charge in [-0.3, -0.25) is 9.69 Å². The van der Waals surface area contributed by atoms with Gasteiger partial charge in [-0.15, -0.1) is 0 Å². The summed E-state index contributed by atoms with van der Waals surface area (Å²) in [5.74, 6) is -0.716. The van der Waals surface area contributed by atoms with E-state index in [1.807, 2.05) is 0 Å². The number of carbonyl (C=O) groups excluding carboxylic acids is 1. The number of aryl methyl sites for hydroxylation is 1. The van der Waals surface area contributed by atoms with E-state index in [-0.39, 0.29) is 0 Å². The molecular formula is C16H16N2O3. The van der Waals surface area contributed by atoms with Crippen LogP contribution in [0.2, 0.25) is 0 Å². The summed E-state index contributed by atoms with van der Waals surface area (Å²) in [7, 11) is 0. The van der Waals surface area contributed by atoms with E-state index in [0.29, 0.717) is 11.3 Å². The lowest BCUT2D eigenvalue weighted by Gasteiger charge is -2.28. The first-order valence-electron chi connectivity index (χ1n) is 6.44. The first-order valence-corrected chi connectivity index (χ1v) is 6.44. The van der Waals surface area contributed by atoms with Gasteiger partial charge < -0.3 is 10.8 Å². The Labute approximate surface area is 122 Å². The van der Waals surface area contributed by atoms with Gasteiger partial charge in [0.2, 0.25) is 5.91 Å². The van der Waals surface area contributed by atoms with Crippen molar-refractivity contribution in [1.29, 1.82) is 0 Å². The van der Waals surface area contributed by atoms with E-state index >= 15 is 0 Å². The van der Waals surface area contributed by atoms with E-state index in [1.54, 1.807) is 61.5 Å². The molecular weight excluding hydrogens is 268 g/mol. The van der Waals surface area contributed by atoms with E-state index in [0.717, 1.165) is 10.5 Å². The van der Waals surface area contributed by atoms with Crippen LogP contribution in [0.25, 0.3) is 0 Å². The molecule has 2 aromatic rings. The molecule has 0 aliphatic heterocycles. The average Bonchev–Trinajstić information content (AvgIpc) is 2.46. The van der Waals surface area contributed by atoms with Crippen LogP contribution in [-0.4, -0.2) is 17.1 Å². The minimum Gasteiger partial charge on any atom is -0.465 e. The number of carbonyl (C=O) groups is 2. The Balaban J connectivity index is 2.57. The molecule has 0 saturated carbocycles. The molecule has 2 amide bonds. The first kappa shape index (κ1) is 14.6. The number of hydrogen-bond acceptors (Lipinski definition) is 2. The van der Waals surface area contributed by atoms with Gasteiger partial charge in [-0.25, -0.2) is 4.79 Å². The van der Waals surface area contributed by atoms with Crippen LogP contribution in [0.15, 0.2) is 54.6 Å². The molecule has 0 spiro atoms. The molecule has 0 unspecified atom stereocenters. The van der Waals surface area contributed by atoms with Crippen LogP contribution in [0, 0.1) is 6.92 Å². The van der Waals surface area contributed by atoms with Gasteiger partial charge in [0.15, 0.2) is 0 Å². The summed E-state index contributed by atoms with van der Waals surface area (Å²) in [4.78, 5) is 24.5. The van der Waals surface area contributed by atoms with Crippen LogP contribution in [0.3, 0.4) is 0 Å². The summed E-state index contributed by atoms with van der Waals surface area (Å²) >= 11 is 0. The maximum Gasteiger partial charge on any atom is 0.412 e. The SMILES string of the molecule is Cc1ccccc1N(C(=O)O)[C@@H](C(N)=O)c1ccccc1. The highest BCUT2D eigenvalue weighted by molar-refractivity contribution is 5.97. The minimum absolute atomic E-state index is 0.442. The molecule has 5 nitrogen and oxygen atoms in total. The zero-order valence-corrected chi connectivity index (χ0v) is 11.6. The summed E-state index contributed by atoms with van der Waals surface area (Å²) in [6.07, 6.45) is -1.23. The fraction of sp³-hybridized carbons (Fsp3) is 0.125. The van der Waals surface area contributed by atoms with Crippen molar-refractivity contribution < 1.29 is 14.7 Å². The van der Waals surface area contributed by atoms with Crippen molar-refractivity contribution in [1.82, 2.24) is 0 Å². The average molecular weight is 284 g/mol. The molecule has 0 aromatic heterocycles. The zero-order valence-electron chi connectivity index (χ0n) is 11.6. The monoisotopic (exact) mass is 284 g/mol. The third-order valence-electron chi connectivity index (χ3n) is 3.22. The number of benzene rings is 2. The Morgan fingerprint density at radius 2 is 1.62 bits per heavy atom. The second kappa shape index (κ2) is 6.09. The predicted octanol–water partition coefficient (Wildman–Crippen LogP) is 2.71. The van der Waals surface area contributed by atoms with E-state index < -0.39 is 18.0 Å². The Bertz CT molecular complexity index is 656. The Morgan fingerprint density at radius 3 is 2.14 bits per heavy atom. The van der Waals surface area contributed by atoms with Crippen molar-refractivity contribution in [3.63, 3.8) is 0 Å². The summed E-state index contributed by atoms with van der Waals surface area (Å²) in [6, 6.07) is 14.5. The number of primary amides is 1. The largest absolute Gasteiger partial charge is 0.465 e. The molecule has 3 N–H and O–H groups in total. The quantitative estimate of drug-likeness (QED) is 0.905. The highest BCUT2D eigenvalue weighted by atomic mass is 16.4. The first-order chi connectivity index (χ1) is 10.0. The van der Waals surface area contributed by atoms with Gasteiger partial charge in [0.25, 0.3) is 0 Å². The number of amides is 2. The van der Waals surface area contributed by atoms with Crippen molar-refractivity contribution in [2.24, 2.45) is 5.73 Å². The molecule has 2 aromatic carbocycles. The van der Waals surface area contributed by atoms with Gasteiger partial charge in [-0.05, 0) is 24.1 Å². The number of anilines is 1. The van der Waals surface area contributed by atoms with Gasteiger partial charge in [-0.1, -0.05) is 48.5 Å². The van der Waals surface area contributed by atoms with Crippen molar-refractivity contribution in [3.05, 3.63) is 65.7 Å². The lowest BCUT2D eigenvalue weighted by Crippen LogP contribution is -2.41. The minimum atomic E-state index is -1.23. The highest BCUT2D eigenvalue weighted by Crippen LogP contribution is 2.29. The Kier molecular flexibility index (Phi) is 4.23. The fourth-order valence-electron chi connectivity index (χ4n) is 2.26. The Morgan fingerprint density at radius 1 is 1.05 bits per heavy atom. The Hall–Kier alpha value is -2.82.